The molecule has 0 amide bonds. The molecule has 0 saturated heterocycles. The predicted octanol–water partition coefficient (Wildman–Crippen LogP) is -0.156. The monoisotopic (exact) mass is 305 g/mol. The van der Waals surface area contributed by atoms with Crippen LogP contribution in [0.4, 0.5) is 0 Å². The largest absolute Gasteiger partial charge is 0.481 e. The van der Waals surface area contributed by atoms with E-state index in [1.54, 1.807) is 13.8 Å². The van der Waals surface area contributed by atoms with Crippen LogP contribution in [0.2, 0.25) is 0 Å². The number of aliphatic hydroxyl groups is 1. The minimum atomic E-state index is -1.33. The van der Waals surface area contributed by atoms with E-state index >= 15 is 0 Å². The van der Waals surface area contributed by atoms with E-state index < -0.39 is 41.9 Å². The topological polar surface area (TPSA) is 133 Å². The summed E-state index contributed by atoms with van der Waals surface area (Å²) in [6, 6.07) is -1.31. The zero-order chi connectivity index (χ0) is 16.6. The Bertz CT molecular complexity index is 381. The highest BCUT2D eigenvalue weighted by Gasteiger charge is 2.28. The fraction of sp³-hybridized carbons (Fsp3) is 0.769. The number of rotatable bonds is 10. The van der Waals surface area contributed by atoms with E-state index in [1.807, 2.05) is 6.92 Å². The molecule has 0 aliphatic rings. The van der Waals surface area contributed by atoms with Crippen LogP contribution in [0.15, 0.2) is 0 Å². The summed E-state index contributed by atoms with van der Waals surface area (Å²) in [5.41, 5.74) is -0.653. The molecule has 0 aliphatic carbocycles. The molecule has 0 aromatic carbocycles. The lowest BCUT2D eigenvalue weighted by atomic mass is 9.91. The molecule has 21 heavy (non-hydrogen) atoms. The molecule has 0 rings (SSSR count). The third-order valence-corrected chi connectivity index (χ3v) is 3.12. The highest BCUT2D eigenvalue weighted by Crippen LogP contribution is 2.21. The van der Waals surface area contributed by atoms with Gasteiger partial charge in [0.05, 0.1) is 11.8 Å². The van der Waals surface area contributed by atoms with Crippen LogP contribution in [0.5, 0.6) is 0 Å². The molecule has 8 nitrogen and oxygen atoms in total. The van der Waals surface area contributed by atoms with Gasteiger partial charge in [0.1, 0.15) is 18.8 Å². The first-order valence-electron chi connectivity index (χ1n) is 6.63. The lowest BCUT2D eigenvalue weighted by molar-refractivity contribution is -0.157. The van der Waals surface area contributed by atoms with Crippen LogP contribution in [0.1, 0.15) is 33.6 Å². The number of carbonyl (C=O) groups is 3. The molecule has 0 saturated carbocycles. The lowest BCUT2D eigenvalue weighted by Gasteiger charge is -2.22. The molecule has 0 spiro atoms. The number of nitrogens with one attached hydrogen (secondary N) is 1. The van der Waals surface area contributed by atoms with Gasteiger partial charge >= 0.3 is 17.9 Å². The molecule has 4 N–H and O–H groups in total. The first-order chi connectivity index (χ1) is 9.60. The van der Waals surface area contributed by atoms with Crippen molar-refractivity contribution in [3.8, 4) is 0 Å². The fourth-order valence-electron chi connectivity index (χ4n) is 1.27. The van der Waals surface area contributed by atoms with Crippen molar-refractivity contribution in [3.05, 3.63) is 0 Å². The summed E-state index contributed by atoms with van der Waals surface area (Å²) in [6.45, 7) is 4.79. The maximum atomic E-state index is 11.7. The minimum Gasteiger partial charge on any atom is -0.481 e. The summed E-state index contributed by atoms with van der Waals surface area (Å²) in [5, 5.41) is 29.4. The number of aliphatic hydroxyl groups excluding tert-OH is 1. The van der Waals surface area contributed by atoms with Gasteiger partial charge in [0.15, 0.2) is 0 Å². The number of hydrogen-bond acceptors (Lipinski definition) is 6. The maximum Gasteiger partial charge on any atom is 0.321 e. The van der Waals surface area contributed by atoms with Gasteiger partial charge in [0, 0.05) is 6.54 Å². The second-order valence-electron chi connectivity index (χ2n) is 5.39. The van der Waals surface area contributed by atoms with Gasteiger partial charge in [0.25, 0.3) is 0 Å². The van der Waals surface area contributed by atoms with Crippen molar-refractivity contribution in [1.82, 2.24) is 5.32 Å². The van der Waals surface area contributed by atoms with Crippen molar-refractivity contribution < 1.29 is 34.4 Å². The number of hydrogen-bond donors (Lipinski definition) is 4. The number of aliphatic carboxylic acids is 2. The van der Waals surface area contributed by atoms with Crippen LogP contribution in [-0.4, -0.2) is 58.5 Å². The first kappa shape index (κ1) is 19.3. The Balaban J connectivity index is 4.20. The molecule has 8 heteroatoms. The third-order valence-electron chi connectivity index (χ3n) is 3.12. The van der Waals surface area contributed by atoms with Gasteiger partial charge < -0.3 is 25.4 Å². The van der Waals surface area contributed by atoms with Gasteiger partial charge in [-0.3, -0.25) is 14.4 Å². The Hall–Kier alpha value is -1.67. The SMILES string of the molecule is CCC(C)(C)C(=O)OCC(O)CNC(CC(=O)O)C(=O)O. The van der Waals surface area contributed by atoms with E-state index in [2.05, 4.69) is 5.32 Å². The van der Waals surface area contributed by atoms with Gasteiger partial charge in [-0.05, 0) is 20.3 Å². The van der Waals surface area contributed by atoms with Crippen molar-refractivity contribution in [2.24, 2.45) is 5.41 Å². The van der Waals surface area contributed by atoms with Crippen LogP contribution in [-0.2, 0) is 19.1 Å². The number of carboxylic acids is 2. The van der Waals surface area contributed by atoms with Gasteiger partial charge in [-0.1, -0.05) is 6.92 Å². The molecule has 0 aromatic rings. The minimum absolute atomic E-state index is 0.190. The molecule has 0 fully saturated rings. The Labute approximate surface area is 123 Å². The summed E-state index contributed by atoms with van der Waals surface area (Å²) in [5.74, 6) is -3.04. The highest BCUT2D eigenvalue weighted by atomic mass is 16.5. The van der Waals surface area contributed by atoms with Crippen LogP contribution in [0.3, 0.4) is 0 Å². The van der Waals surface area contributed by atoms with Crippen molar-refractivity contribution in [3.63, 3.8) is 0 Å². The van der Waals surface area contributed by atoms with E-state index in [9.17, 15) is 19.5 Å². The summed E-state index contributed by atoms with van der Waals surface area (Å²) in [4.78, 5) is 32.9. The molecule has 2 atom stereocenters. The van der Waals surface area contributed by atoms with E-state index in [-0.39, 0.29) is 13.2 Å². The first-order valence-corrected chi connectivity index (χ1v) is 6.63. The van der Waals surface area contributed by atoms with Crippen LogP contribution >= 0.6 is 0 Å². The molecule has 0 radical (unpaired) electrons. The second-order valence-corrected chi connectivity index (χ2v) is 5.39. The molecule has 122 valence electrons. The number of ether oxygens (including phenoxy) is 1. The smallest absolute Gasteiger partial charge is 0.321 e. The van der Waals surface area contributed by atoms with Gasteiger partial charge in [0.2, 0.25) is 0 Å². The van der Waals surface area contributed by atoms with E-state index in [1.165, 1.54) is 0 Å². The summed E-state index contributed by atoms with van der Waals surface area (Å²) < 4.78 is 4.94. The summed E-state index contributed by atoms with van der Waals surface area (Å²) >= 11 is 0. The molecule has 0 bridgehead atoms. The third kappa shape index (κ3) is 7.62. The van der Waals surface area contributed by atoms with Crippen LogP contribution in [0, 0.1) is 5.41 Å². The fourth-order valence-corrected chi connectivity index (χ4v) is 1.27. The van der Waals surface area contributed by atoms with Crippen LogP contribution < -0.4 is 5.32 Å². The number of esters is 1. The second kappa shape index (κ2) is 8.58. The Morgan fingerprint density at radius 3 is 2.24 bits per heavy atom. The van der Waals surface area contributed by atoms with Crippen LogP contribution in [0.25, 0.3) is 0 Å². The van der Waals surface area contributed by atoms with E-state index in [4.69, 9.17) is 14.9 Å². The summed E-state index contributed by atoms with van der Waals surface area (Å²) in [7, 11) is 0. The van der Waals surface area contributed by atoms with E-state index in [0.717, 1.165) is 0 Å². The average molecular weight is 305 g/mol. The normalized spacial score (nSPS) is 14.3. The molecular weight excluding hydrogens is 282 g/mol. The van der Waals surface area contributed by atoms with E-state index in [0.29, 0.717) is 6.42 Å². The number of carboxylic acid groups (broad SMARTS) is 2. The standard InChI is InChI=1S/C13H23NO7/c1-4-13(2,3)12(20)21-7-8(15)6-14-9(11(18)19)5-10(16)17/h8-9,14-15H,4-7H2,1-3H3,(H,16,17)(H,18,19). The van der Waals surface area contributed by atoms with Gasteiger partial charge in [-0.15, -0.1) is 0 Å². The highest BCUT2D eigenvalue weighted by molar-refractivity contribution is 5.80. The summed E-state index contributed by atoms with van der Waals surface area (Å²) in [6.07, 6.45) is -1.14. The lowest BCUT2D eigenvalue weighted by Crippen LogP contribution is -2.43. The zero-order valence-corrected chi connectivity index (χ0v) is 12.5. The Morgan fingerprint density at radius 1 is 1.24 bits per heavy atom. The van der Waals surface area contributed by atoms with Crippen molar-refractivity contribution in [2.75, 3.05) is 13.2 Å². The zero-order valence-electron chi connectivity index (χ0n) is 12.5. The average Bonchev–Trinajstić information content (AvgIpc) is 2.39. The maximum absolute atomic E-state index is 11.7. The molecule has 0 aliphatic heterocycles. The molecule has 2 unspecified atom stereocenters. The molecule has 0 aromatic heterocycles. The van der Waals surface area contributed by atoms with Crippen molar-refractivity contribution in [2.45, 2.75) is 45.8 Å². The van der Waals surface area contributed by atoms with Crippen molar-refractivity contribution in [1.29, 1.82) is 0 Å². The van der Waals surface area contributed by atoms with Crippen molar-refractivity contribution >= 4 is 17.9 Å². The number of carbonyl (C=O) groups excluding carboxylic acids is 1. The Kier molecular flexibility index (Phi) is 7.90. The Morgan fingerprint density at radius 2 is 1.81 bits per heavy atom. The van der Waals surface area contributed by atoms with Gasteiger partial charge in [-0.2, -0.15) is 0 Å². The molecular formula is C13H23NO7. The quantitative estimate of drug-likeness (QED) is 0.409. The molecule has 0 heterocycles. The van der Waals surface area contributed by atoms with Gasteiger partial charge in [-0.25, -0.2) is 0 Å². The predicted molar refractivity (Wildman–Crippen MR) is 72.7 cm³/mol.